The average Bonchev–Trinajstić information content (AvgIpc) is 3.22. The second-order valence-corrected chi connectivity index (χ2v) is 6.62. The van der Waals surface area contributed by atoms with Crippen LogP contribution in [0.2, 0.25) is 0 Å². The fourth-order valence-corrected chi connectivity index (χ4v) is 3.80. The number of carbonyl (C=O) groups excluding carboxylic acids is 1. The van der Waals surface area contributed by atoms with Gasteiger partial charge in [0.2, 0.25) is 0 Å². The van der Waals surface area contributed by atoms with Crippen LogP contribution in [-0.4, -0.2) is 75.5 Å². The molecule has 24 heavy (non-hydrogen) atoms. The highest BCUT2D eigenvalue weighted by Crippen LogP contribution is 2.25. The molecule has 2 atom stereocenters. The summed E-state index contributed by atoms with van der Waals surface area (Å²) in [6, 6.07) is 4.01. The van der Waals surface area contributed by atoms with E-state index in [9.17, 15) is 4.79 Å². The van der Waals surface area contributed by atoms with Gasteiger partial charge in [-0.3, -0.25) is 9.48 Å². The normalized spacial score (nSPS) is 24.8. The summed E-state index contributed by atoms with van der Waals surface area (Å²) in [6.07, 6.45) is 6.66. The number of ether oxygens (including phenoxy) is 1. The number of likely N-dealkylation sites (N-methyl/N-ethyl adjacent to an activating group) is 1. The van der Waals surface area contributed by atoms with Crippen LogP contribution in [0, 0.1) is 0 Å². The van der Waals surface area contributed by atoms with E-state index < -0.39 is 0 Å². The van der Waals surface area contributed by atoms with Crippen molar-refractivity contribution in [3.05, 3.63) is 36.3 Å². The quantitative estimate of drug-likeness (QED) is 0.816. The van der Waals surface area contributed by atoms with Gasteiger partial charge in [-0.2, -0.15) is 5.10 Å². The Hall–Kier alpha value is -2.12. The molecule has 0 unspecified atom stereocenters. The highest BCUT2D eigenvalue weighted by atomic mass is 16.5. The summed E-state index contributed by atoms with van der Waals surface area (Å²) in [5, 5.41) is 4.31. The Balaban J connectivity index is 1.66. The molecule has 0 saturated carbocycles. The van der Waals surface area contributed by atoms with Crippen LogP contribution < -0.4 is 0 Å². The van der Waals surface area contributed by atoms with E-state index in [4.69, 9.17) is 4.74 Å². The van der Waals surface area contributed by atoms with Crippen LogP contribution in [0.15, 0.2) is 30.7 Å². The van der Waals surface area contributed by atoms with E-state index in [1.54, 1.807) is 10.9 Å². The molecule has 1 amide bonds. The summed E-state index contributed by atoms with van der Waals surface area (Å²) in [4.78, 5) is 17.5. The van der Waals surface area contributed by atoms with Gasteiger partial charge >= 0.3 is 0 Å². The Labute approximate surface area is 141 Å². The largest absolute Gasteiger partial charge is 0.374 e. The van der Waals surface area contributed by atoms with Gasteiger partial charge in [0.05, 0.1) is 24.9 Å². The zero-order valence-electron chi connectivity index (χ0n) is 14.1. The van der Waals surface area contributed by atoms with E-state index in [2.05, 4.69) is 17.0 Å². The molecule has 4 heterocycles. The zero-order valence-corrected chi connectivity index (χ0v) is 14.1. The molecule has 0 N–H and O–H groups in total. The van der Waals surface area contributed by atoms with Crippen molar-refractivity contribution in [1.29, 1.82) is 0 Å². The van der Waals surface area contributed by atoms with Gasteiger partial charge < -0.3 is 19.1 Å². The number of hydrogen-bond acceptors (Lipinski definition) is 4. The Morgan fingerprint density at radius 3 is 2.83 bits per heavy atom. The SMILES string of the molecule is CN1CC[C@H]2OCCN(C(=O)c3cnn(C)c3-n3cccc3)[C@@H]2C1. The zero-order chi connectivity index (χ0) is 16.7. The number of aryl methyl sites for hydroxylation is 1. The molecule has 2 aliphatic heterocycles. The molecule has 0 spiro atoms. The van der Waals surface area contributed by atoms with Crippen LogP contribution in [0.25, 0.3) is 5.82 Å². The van der Waals surface area contributed by atoms with Gasteiger partial charge in [-0.25, -0.2) is 0 Å². The first-order valence-corrected chi connectivity index (χ1v) is 8.41. The number of piperidine rings is 1. The highest BCUT2D eigenvalue weighted by molar-refractivity contribution is 5.97. The van der Waals surface area contributed by atoms with Crippen molar-refractivity contribution in [2.45, 2.75) is 18.6 Å². The summed E-state index contributed by atoms with van der Waals surface area (Å²) in [6.45, 7) is 3.11. The number of hydrogen-bond donors (Lipinski definition) is 0. The van der Waals surface area contributed by atoms with Crippen LogP contribution in [0.1, 0.15) is 16.8 Å². The third-order valence-corrected chi connectivity index (χ3v) is 5.04. The number of nitrogens with zero attached hydrogens (tertiary/aromatic N) is 5. The van der Waals surface area contributed by atoms with Crippen molar-refractivity contribution in [1.82, 2.24) is 24.1 Å². The van der Waals surface area contributed by atoms with Crippen LogP contribution in [-0.2, 0) is 11.8 Å². The predicted molar refractivity (Wildman–Crippen MR) is 89.2 cm³/mol. The van der Waals surface area contributed by atoms with E-state index >= 15 is 0 Å². The number of likely N-dealkylation sites (tertiary alicyclic amines) is 1. The van der Waals surface area contributed by atoms with Gasteiger partial charge in [0, 0.05) is 39.1 Å². The lowest BCUT2D eigenvalue weighted by molar-refractivity contribution is -0.0869. The number of rotatable bonds is 2. The number of morpholine rings is 1. The average molecular weight is 329 g/mol. The minimum atomic E-state index is 0.0420. The lowest BCUT2D eigenvalue weighted by Crippen LogP contribution is -2.60. The maximum Gasteiger partial charge on any atom is 0.259 e. The second kappa shape index (κ2) is 6.07. The number of fused-ring (bicyclic) bond motifs is 1. The van der Waals surface area contributed by atoms with Crippen LogP contribution in [0.5, 0.6) is 0 Å². The molecule has 2 aliphatic rings. The molecular weight excluding hydrogens is 306 g/mol. The van der Waals surface area contributed by atoms with Crippen molar-refractivity contribution in [2.75, 3.05) is 33.3 Å². The molecule has 7 heteroatoms. The van der Waals surface area contributed by atoms with Gasteiger partial charge in [0.1, 0.15) is 11.4 Å². The molecule has 0 bridgehead atoms. The standard InChI is InChI=1S/C17H23N5O2/c1-19-8-5-15-14(12-19)22(9-10-24-15)17(23)13-11-18-20(2)16(13)21-6-3-4-7-21/h3-4,6-7,11,14-15H,5,8-10,12H2,1-2H3/t14-,15-/m1/s1. The van der Waals surface area contributed by atoms with Gasteiger partial charge in [0.15, 0.2) is 0 Å². The molecular formula is C17H23N5O2. The lowest BCUT2D eigenvalue weighted by atomic mass is 9.98. The fraction of sp³-hybridized carbons (Fsp3) is 0.529. The third kappa shape index (κ3) is 2.53. The third-order valence-electron chi connectivity index (χ3n) is 5.04. The molecule has 2 aromatic rings. The van der Waals surface area contributed by atoms with Gasteiger partial charge in [0.25, 0.3) is 5.91 Å². The monoisotopic (exact) mass is 329 g/mol. The Morgan fingerprint density at radius 2 is 2.04 bits per heavy atom. The number of aromatic nitrogens is 3. The Morgan fingerprint density at radius 1 is 1.25 bits per heavy atom. The molecule has 0 radical (unpaired) electrons. The van der Waals surface area contributed by atoms with E-state index in [1.807, 2.05) is 41.0 Å². The Kier molecular flexibility index (Phi) is 3.90. The van der Waals surface area contributed by atoms with E-state index in [1.165, 1.54) is 0 Å². The van der Waals surface area contributed by atoms with Crippen molar-refractivity contribution >= 4 is 5.91 Å². The summed E-state index contributed by atoms with van der Waals surface area (Å²) in [5.74, 6) is 0.845. The van der Waals surface area contributed by atoms with Crippen LogP contribution in [0.4, 0.5) is 0 Å². The van der Waals surface area contributed by atoms with Crippen molar-refractivity contribution in [2.24, 2.45) is 7.05 Å². The van der Waals surface area contributed by atoms with E-state index in [-0.39, 0.29) is 18.1 Å². The number of amides is 1. The smallest absolute Gasteiger partial charge is 0.259 e. The first-order valence-electron chi connectivity index (χ1n) is 8.41. The molecule has 2 fully saturated rings. The minimum Gasteiger partial charge on any atom is -0.374 e. The van der Waals surface area contributed by atoms with E-state index in [0.717, 1.165) is 25.3 Å². The topological polar surface area (TPSA) is 55.5 Å². The molecule has 2 saturated heterocycles. The summed E-state index contributed by atoms with van der Waals surface area (Å²) in [7, 11) is 3.96. The maximum atomic E-state index is 13.3. The molecule has 4 rings (SSSR count). The van der Waals surface area contributed by atoms with Crippen molar-refractivity contribution < 1.29 is 9.53 Å². The summed E-state index contributed by atoms with van der Waals surface area (Å²) in [5.41, 5.74) is 0.641. The first kappa shape index (κ1) is 15.4. The molecule has 0 aromatic carbocycles. The second-order valence-electron chi connectivity index (χ2n) is 6.62. The molecule has 0 aliphatic carbocycles. The summed E-state index contributed by atoms with van der Waals surface area (Å²) >= 11 is 0. The summed E-state index contributed by atoms with van der Waals surface area (Å²) < 4.78 is 9.59. The van der Waals surface area contributed by atoms with Crippen molar-refractivity contribution in [3.8, 4) is 5.82 Å². The minimum absolute atomic E-state index is 0.0420. The molecule has 128 valence electrons. The number of carbonyl (C=O) groups is 1. The van der Waals surface area contributed by atoms with Gasteiger partial charge in [-0.15, -0.1) is 0 Å². The van der Waals surface area contributed by atoms with Crippen LogP contribution in [0.3, 0.4) is 0 Å². The highest BCUT2D eigenvalue weighted by Gasteiger charge is 2.39. The maximum absolute atomic E-state index is 13.3. The molecule has 7 nitrogen and oxygen atoms in total. The molecule has 2 aromatic heterocycles. The Bertz CT molecular complexity index is 723. The fourth-order valence-electron chi connectivity index (χ4n) is 3.80. The van der Waals surface area contributed by atoms with Crippen LogP contribution >= 0.6 is 0 Å². The first-order chi connectivity index (χ1) is 11.6. The van der Waals surface area contributed by atoms with Gasteiger partial charge in [-0.05, 0) is 25.6 Å². The van der Waals surface area contributed by atoms with Crippen molar-refractivity contribution in [3.63, 3.8) is 0 Å². The van der Waals surface area contributed by atoms with Gasteiger partial charge in [-0.1, -0.05) is 0 Å². The van der Waals surface area contributed by atoms with E-state index in [0.29, 0.717) is 18.7 Å². The lowest BCUT2D eigenvalue weighted by Gasteiger charge is -2.46. The predicted octanol–water partition coefficient (Wildman–Crippen LogP) is 0.756.